The van der Waals surface area contributed by atoms with Crippen LogP contribution in [0, 0.1) is 6.92 Å². The monoisotopic (exact) mass is 254 g/mol. The second-order valence-electron chi connectivity index (χ2n) is 4.44. The zero-order chi connectivity index (χ0) is 13.0. The van der Waals surface area contributed by atoms with Gasteiger partial charge in [0.1, 0.15) is 11.2 Å². The van der Waals surface area contributed by atoms with Crippen molar-refractivity contribution in [1.29, 1.82) is 0 Å². The first-order valence-corrected chi connectivity index (χ1v) is 5.85. The van der Waals surface area contributed by atoms with Gasteiger partial charge in [-0.05, 0) is 19.1 Å². The molecule has 0 saturated carbocycles. The Morgan fingerprint density at radius 1 is 1.05 bits per heavy atom. The van der Waals surface area contributed by atoms with Crippen molar-refractivity contribution in [2.24, 2.45) is 0 Å². The van der Waals surface area contributed by atoms with Gasteiger partial charge in [0.25, 0.3) is 0 Å². The lowest BCUT2D eigenvalue weighted by atomic mass is 10.0. The number of anilines is 1. The summed E-state index contributed by atoms with van der Waals surface area (Å²) in [5.74, 6) is 0.913. The summed E-state index contributed by atoms with van der Waals surface area (Å²) in [7, 11) is 0. The van der Waals surface area contributed by atoms with Gasteiger partial charge in [0.2, 0.25) is 0 Å². The third kappa shape index (κ3) is 1.26. The minimum Gasteiger partial charge on any atom is -0.464 e. The highest BCUT2D eigenvalue weighted by Crippen LogP contribution is 2.40. The van der Waals surface area contributed by atoms with Gasteiger partial charge < -0.3 is 19.1 Å². The van der Waals surface area contributed by atoms with Gasteiger partial charge in [-0.25, -0.2) is 0 Å². The summed E-state index contributed by atoms with van der Waals surface area (Å²) >= 11 is 0. The van der Waals surface area contributed by atoms with Crippen LogP contribution in [0.25, 0.3) is 33.3 Å². The number of rotatable bonds is 1. The molecule has 0 spiro atoms. The van der Waals surface area contributed by atoms with Gasteiger partial charge in [0, 0.05) is 22.4 Å². The fourth-order valence-corrected chi connectivity index (χ4v) is 2.49. The van der Waals surface area contributed by atoms with E-state index in [1.807, 2.05) is 19.1 Å². The molecule has 94 valence electrons. The molecule has 4 aromatic rings. The third-order valence-electron chi connectivity index (χ3n) is 3.35. The highest BCUT2D eigenvalue weighted by Gasteiger charge is 2.20. The number of aryl methyl sites for hydroxylation is 1. The van der Waals surface area contributed by atoms with E-state index >= 15 is 0 Å². The van der Waals surface area contributed by atoms with Crippen molar-refractivity contribution >= 4 is 27.8 Å². The normalized spacial score (nSPS) is 11.6. The van der Waals surface area contributed by atoms with E-state index in [2.05, 4.69) is 5.16 Å². The third-order valence-corrected chi connectivity index (χ3v) is 3.35. The summed E-state index contributed by atoms with van der Waals surface area (Å²) in [5.41, 5.74) is 9.06. The quantitative estimate of drug-likeness (QED) is 0.560. The molecule has 1 aromatic carbocycles. The smallest absolute Gasteiger partial charge is 0.173 e. The Kier molecular flexibility index (Phi) is 1.84. The fourth-order valence-electron chi connectivity index (χ4n) is 2.49. The van der Waals surface area contributed by atoms with E-state index in [0.29, 0.717) is 11.6 Å². The van der Waals surface area contributed by atoms with E-state index in [0.717, 1.165) is 33.1 Å². The number of hydrogen-bond donors (Lipinski definition) is 1. The van der Waals surface area contributed by atoms with Gasteiger partial charge in [-0.1, -0.05) is 5.16 Å². The van der Waals surface area contributed by atoms with Crippen molar-refractivity contribution in [3.05, 3.63) is 36.3 Å². The number of fused-ring (bicyclic) bond motifs is 2. The first-order chi connectivity index (χ1) is 9.25. The largest absolute Gasteiger partial charge is 0.464 e. The zero-order valence-electron chi connectivity index (χ0n) is 10.1. The van der Waals surface area contributed by atoms with Crippen molar-refractivity contribution in [3.63, 3.8) is 0 Å². The molecule has 0 fully saturated rings. The summed E-state index contributed by atoms with van der Waals surface area (Å²) in [6, 6.07) is 5.48. The van der Waals surface area contributed by atoms with Crippen LogP contribution >= 0.6 is 0 Å². The molecule has 3 heterocycles. The van der Waals surface area contributed by atoms with Gasteiger partial charge in [-0.3, -0.25) is 0 Å². The van der Waals surface area contributed by atoms with E-state index in [1.165, 1.54) is 0 Å². The molecule has 0 saturated heterocycles. The highest BCUT2D eigenvalue weighted by molar-refractivity contribution is 6.10. The lowest BCUT2D eigenvalue weighted by Crippen LogP contribution is -1.83. The molecule has 5 heteroatoms. The predicted octanol–water partition coefficient (Wildman–Crippen LogP) is 3.72. The van der Waals surface area contributed by atoms with Gasteiger partial charge in [0.05, 0.1) is 18.1 Å². The molecular formula is C14H10N2O3. The van der Waals surface area contributed by atoms with Crippen LogP contribution in [0.4, 0.5) is 5.82 Å². The van der Waals surface area contributed by atoms with Crippen molar-refractivity contribution < 1.29 is 13.4 Å². The zero-order valence-corrected chi connectivity index (χ0v) is 10.1. The summed E-state index contributed by atoms with van der Waals surface area (Å²) in [5, 5.41) is 5.65. The molecule has 0 bridgehead atoms. The molecule has 2 N–H and O–H groups in total. The Labute approximate surface area is 107 Å². The van der Waals surface area contributed by atoms with Crippen molar-refractivity contribution in [1.82, 2.24) is 5.16 Å². The van der Waals surface area contributed by atoms with Crippen molar-refractivity contribution in [2.45, 2.75) is 6.92 Å². The maximum Gasteiger partial charge on any atom is 0.173 e. The second kappa shape index (κ2) is 3.41. The predicted molar refractivity (Wildman–Crippen MR) is 70.6 cm³/mol. The molecule has 0 atom stereocenters. The first-order valence-electron chi connectivity index (χ1n) is 5.85. The number of nitrogens with two attached hydrogens (primary N) is 1. The molecule has 3 aromatic heterocycles. The molecule has 4 rings (SSSR count). The van der Waals surface area contributed by atoms with Gasteiger partial charge in [-0.15, -0.1) is 0 Å². The van der Waals surface area contributed by atoms with E-state index in [9.17, 15) is 0 Å². The van der Waals surface area contributed by atoms with E-state index in [1.54, 1.807) is 18.6 Å². The van der Waals surface area contributed by atoms with Crippen LogP contribution in [0.3, 0.4) is 0 Å². The standard InChI is InChI=1S/C14H10N2O3/c1-7-8-2-4-18-14(8)12(9-3-5-17-13(7)9)10-6-11(15)16-19-10/h2-6H,1H3,(H2,15,16). The molecule has 19 heavy (non-hydrogen) atoms. The van der Waals surface area contributed by atoms with E-state index < -0.39 is 0 Å². The average Bonchev–Trinajstić information content (AvgIpc) is 3.09. The Morgan fingerprint density at radius 2 is 1.79 bits per heavy atom. The van der Waals surface area contributed by atoms with Crippen molar-refractivity contribution in [3.8, 4) is 11.3 Å². The van der Waals surface area contributed by atoms with Crippen LogP contribution in [-0.4, -0.2) is 5.16 Å². The first kappa shape index (κ1) is 10.3. The number of nitrogens with zero attached hydrogens (tertiary/aromatic N) is 1. The molecule has 0 unspecified atom stereocenters. The van der Waals surface area contributed by atoms with Crippen LogP contribution in [0.15, 0.2) is 44.1 Å². The van der Waals surface area contributed by atoms with Gasteiger partial charge in [0.15, 0.2) is 11.6 Å². The van der Waals surface area contributed by atoms with Crippen molar-refractivity contribution in [2.75, 3.05) is 5.73 Å². The summed E-state index contributed by atoms with van der Waals surface area (Å²) < 4.78 is 16.4. The van der Waals surface area contributed by atoms with Crippen LogP contribution in [0.1, 0.15) is 5.56 Å². The molecule has 0 aliphatic rings. The highest BCUT2D eigenvalue weighted by atomic mass is 16.5. The van der Waals surface area contributed by atoms with Crippen LogP contribution < -0.4 is 5.73 Å². The molecule has 0 aliphatic carbocycles. The van der Waals surface area contributed by atoms with Crippen LogP contribution in [-0.2, 0) is 0 Å². The minimum absolute atomic E-state index is 0.340. The summed E-state index contributed by atoms with van der Waals surface area (Å²) in [4.78, 5) is 0. The number of benzene rings is 1. The maximum absolute atomic E-state index is 5.63. The SMILES string of the molecule is Cc1c2ccoc2c(-c2cc(N)no2)c2ccoc12. The summed E-state index contributed by atoms with van der Waals surface area (Å²) in [6.07, 6.45) is 3.31. The number of hydrogen-bond acceptors (Lipinski definition) is 5. The molecule has 0 radical (unpaired) electrons. The second-order valence-corrected chi connectivity index (χ2v) is 4.44. The Hall–Kier alpha value is -2.69. The number of nitrogen functional groups attached to an aromatic ring is 1. The van der Waals surface area contributed by atoms with E-state index in [-0.39, 0.29) is 0 Å². The molecule has 5 nitrogen and oxygen atoms in total. The van der Waals surface area contributed by atoms with Crippen LogP contribution in [0.2, 0.25) is 0 Å². The molecule has 0 amide bonds. The lowest BCUT2D eigenvalue weighted by molar-refractivity contribution is 0.436. The average molecular weight is 254 g/mol. The Morgan fingerprint density at radius 3 is 2.53 bits per heavy atom. The number of aromatic nitrogens is 1. The fraction of sp³-hybridized carbons (Fsp3) is 0.0714. The van der Waals surface area contributed by atoms with Crippen LogP contribution in [0.5, 0.6) is 0 Å². The topological polar surface area (TPSA) is 78.3 Å². The lowest BCUT2D eigenvalue weighted by Gasteiger charge is -2.03. The Bertz CT molecular complexity index is 846. The molecule has 0 aliphatic heterocycles. The van der Waals surface area contributed by atoms with Gasteiger partial charge >= 0.3 is 0 Å². The summed E-state index contributed by atoms with van der Waals surface area (Å²) in [6.45, 7) is 2.00. The van der Waals surface area contributed by atoms with Gasteiger partial charge in [-0.2, -0.15) is 0 Å². The Balaban J connectivity index is 2.24. The maximum atomic E-state index is 5.63. The molecular weight excluding hydrogens is 244 g/mol. The minimum atomic E-state index is 0.340. The van der Waals surface area contributed by atoms with E-state index in [4.69, 9.17) is 19.1 Å². The number of furan rings is 2.